The summed E-state index contributed by atoms with van der Waals surface area (Å²) >= 11 is 0. The summed E-state index contributed by atoms with van der Waals surface area (Å²) in [7, 11) is 0. The number of nitrogens with one attached hydrogen (secondary N) is 2. The number of aryl methyl sites for hydroxylation is 3. The van der Waals surface area contributed by atoms with E-state index in [-0.39, 0.29) is 17.4 Å². The maximum absolute atomic E-state index is 12.9. The zero-order chi connectivity index (χ0) is 22.1. The molecule has 4 rings (SSSR count). The van der Waals surface area contributed by atoms with Crippen LogP contribution in [0.1, 0.15) is 39.7 Å². The molecule has 0 aliphatic carbocycles. The molecular formula is C23H23N5O3. The van der Waals surface area contributed by atoms with E-state index in [1.807, 2.05) is 32.9 Å². The lowest BCUT2D eigenvalue weighted by Gasteiger charge is -2.10. The zero-order valence-corrected chi connectivity index (χ0v) is 17.8. The molecule has 3 heterocycles. The number of hydrogen-bond acceptors (Lipinski definition) is 5. The summed E-state index contributed by atoms with van der Waals surface area (Å²) in [6, 6.07) is 10.7. The molecule has 0 atom stereocenters. The van der Waals surface area contributed by atoms with Gasteiger partial charge in [-0.2, -0.15) is 9.78 Å². The Labute approximate surface area is 179 Å². The number of hydrogen-bond donors (Lipinski definition) is 2. The molecule has 0 fully saturated rings. The van der Waals surface area contributed by atoms with Crippen molar-refractivity contribution in [2.45, 2.75) is 34.1 Å². The van der Waals surface area contributed by atoms with Gasteiger partial charge in [0, 0.05) is 22.9 Å². The summed E-state index contributed by atoms with van der Waals surface area (Å²) in [5.74, 6) is 0.818. The van der Waals surface area contributed by atoms with Gasteiger partial charge in [0.15, 0.2) is 5.76 Å². The van der Waals surface area contributed by atoms with Gasteiger partial charge in [-0.3, -0.25) is 14.6 Å². The summed E-state index contributed by atoms with van der Waals surface area (Å²) in [6.45, 7) is 7.63. The first-order valence-electron chi connectivity index (χ1n) is 10.00. The van der Waals surface area contributed by atoms with Crippen LogP contribution < -0.4 is 10.9 Å². The number of carbonyl (C=O) groups excluding carboxylic acids is 1. The molecule has 1 aromatic carbocycles. The van der Waals surface area contributed by atoms with E-state index in [0.29, 0.717) is 40.5 Å². The molecule has 0 saturated carbocycles. The minimum Gasteiger partial charge on any atom is -0.463 e. The first kappa shape index (κ1) is 20.3. The Morgan fingerprint density at radius 1 is 1.16 bits per heavy atom. The molecule has 8 heteroatoms. The van der Waals surface area contributed by atoms with Gasteiger partial charge in [0.2, 0.25) is 5.95 Å². The summed E-state index contributed by atoms with van der Waals surface area (Å²) in [5.41, 5.74) is 4.15. The second-order valence-corrected chi connectivity index (χ2v) is 7.36. The van der Waals surface area contributed by atoms with Gasteiger partial charge in [-0.15, -0.1) is 0 Å². The average Bonchev–Trinajstić information content (AvgIpc) is 3.39. The Morgan fingerprint density at radius 2 is 1.97 bits per heavy atom. The fourth-order valence-corrected chi connectivity index (χ4v) is 3.36. The van der Waals surface area contributed by atoms with Crippen LogP contribution in [0.4, 0.5) is 5.82 Å². The number of furan rings is 1. The van der Waals surface area contributed by atoms with Crippen LogP contribution in [0.15, 0.2) is 51.9 Å². The van der Waals surface area contributed by atoms with E-state index >= 15 is 0 Å². The third-order valence-electron chi connectivity index (χ3n) is 5.26. The lowest BCUT2D eigenvalue weighted by molar-refractivity contribution is 0.102. The van der Waals surface area contributed by atoms with Crippen molar-refractivity contribution < 1.29 is 9.21 Å². The minimum atomic E-state index is -0.292. The van der Waals surface area contributed by atoms with Gasteiger partial charge >= 0.3 is 0 Å². The Balaban J connectivity index is 1.79. The number of anilines is 1. The Kier molecular flexibility index (Phi) is 5.29. The van der Waals surface area contributed by atoms with Gasteiger partial charge in [0.05, 0.1) is 6.26 Å². The van der Waals surface area contributed by atoms with Crippen LogP contribution in [0.25, 0.3) is 17.4 Å². The molecule has 8 nitrogen and oxygen atoms in total. The van der Waals surface area contributed by atoms with Crippen molar-refractivity contribution in [2.75, 3.05) is 5.32 Å². The molecular weight excluding hydrogens is 394 g/mol. The number of H-pyrrole nitrogens is 1. The number of benzene rings is 1. The second-order valence-electron chi connectivity index (χ2n) is 7.36. The summed E-state index contributed by atoms with van der Waals surface area (Å²) in [5, 5.41) is 7.39. The van der Waals surface area contributed by atoms with Gasteiger partial charge < -0.3 is 9.73 Å². The summed E-state index contributed by atoms with van der Waals surface area (Å²) < 4.78 is 6.85. The molecule has 0 saturated heterocycles. The first-order valence-corrected chi connectivity index (χ1v) is 10.00. The van der Waals surface area contributed by atoms with E-state index in [4.69, 9.17) is 4.42 Å². The SMILES string of the molecule is CCc1c(C)nc(-n2nc(-c3ccco3)cc2NC(=O)c2ccc(C)c(C)c2)[nH]c1=O. The predicted molar refractivity (Wildman–Crippen MR) is 118 cm³/mol. The molecule has 31 heavy (non-hydrogen) atoms. The molecule has 0 aliphatic heterocycles. The second kappa shape index (κ2) is 8.06. The van der Waals surface area contributed by atoms with E-state index in [9.17, 15) is 9.59 Å². The summed E-state index contributed by atoms with van der Waals surface area (Å²) in [6.07, 6.45) is 2.11. The monoisotopic (exact) mass is 417 g/mol. The van der Waals surface area contributed by atoms with Crippen molar-refractivity contribution in [3.63, 3.8) is 0 Å². The van der Waals surface area contributed by atoms with E-state index in [1.54, 1.807) is 37.5 Å². The van der Waals surface area contributed by atoms with Crippen molar-refractivity contribution >= 4 is 11.7 Å². The highest BCUT2D eigenvalue weighted by Gasteiger charge is 2.19. The first-order chi connectivity index (χ1) is 14.9. The van der Waals surface area contributed by atoms with E-state index in [2.05, 4.69) is 20.4 Å². The maximum atomic E-state index is 12.9. The van der Waals surface area contributed by atoms with Gasteiger partial charge in [-0.25, -0.2) is 4.98 Å². The molecule has 1 amide bonds. The van der Waals surface area contributed by atoms with Gasteiger partial charge in [0.1, 0.15) is 11.5 Å². The summed E-state index contributed by atoms with van der Waals surface area (Å²) in [4.78, 5) is 32.7. The Bertz CT molecular complexity index is 1320. The fraction of sp³-hybridized carbons (Fsp3) is 0.217. The highest BCUT2D eigenvalue weighted by Crippen LogP contribution is 2.25. The predicted octanol–water partition coefficient (Wildman–Crippen LogP) is 3.96. The number of rotatable bonds is 5. The van der Waals surface area contributed by atoms with Crippen LogP contribution in [0.2, 0.25) is 0 Å². The van der Waals surface area contributed by atoms with Crippen LogP contribution in [0, 0.1) is 20.8 Å². The molecule has 3 aromatic heterocycles. The number of amides is 1. The van der Waals surface area contributed by atoms with Crippen LogP contribution in [-0.2, 0) is 6.42 Å². The highest BCUT2D eigenvalue weighted by atomic mass is 16.3. The lowest BCUT2D eigenvalue weighted by atomic mass is 10.1. The van der Waals surface area contributed by atoms with Crippen LogP contribution in [-0.4, -0.2) is 25.7 Å². The van der Waals surface area contributed by atoms with Crippen LogP contribution in [0.5, 0.6) is 0 Å². The van der Waals surface area contributed by atoms with Crippen molar-refractivity contribution in [1.29, 1.82) is 0 Å². The molecule has 0 unspecified atom stereocenters. The Hall–Kier alpha value is -3.94. The maximum Gasteiger partial charge on any atom is 0.256 e. The molecule has 4 aromatic rings. The van der Waals surface area contributed by atoms with Crippen molar-refractivity contribution in [3.05, 3.63) is 81.0 Å². The number of aromatic amines is 1. The van der Waals surface area contributed by atoms with Crippen molar-refractivity contribution in [1.82, 2.24) is 19.7 Å². The largest absolute Gasteiger partial charge is 0.463 e. The number of carbonyl (C=O) groups is 1. The lowest BCUT2D eigenvalue weighted by Crippen LogP contribution is -2.22. The third-order valence-corrected chi connectivity index (χ3v) is 5.26. The van der Waals surface area contributed by atoms with Crippen molar-refractivity contribution in [3.8, 4) is 17.4 Å². The standard InChI is InChI=1S/C23H23N5O3/c1-5-17-15(4)24-23(26-22(17)30)28-20(12-18(27-28)19-7-6-10-31-19)25-21(29)16-9-8-13(2)14(3)11-16/h6-12H,5H2,1-4H3,(H,25,29)(H,24,26,30). The topological polar surface area (TPSA) is 106 Å². The minimum absolute atomic E-state index is 0.216. The molecule has 0 spiro atoms. The molecule has 0 radical (unpaired) electrons. The van der Waals surface area contributed by atoms with Crippen LogP contribution >= 0.6 is 0 Å². The smallest absolute Gasteiger partial charge is 0.256 e. The van der Waals surface area contributed by atoms with Gasteiger partial charge in [0.25, 0.3) is 11.5 Å². The fourth-order valence-electron chi connectivity index (χ4n) is 3.36. The van der Waals surface area contributed by atoms with Crippen molar-refractivity contribution in [2.24, 2.45) is 0 Å². The normalized spacial score (nSPS) is 11.0. The number of nitrogens with zero attached hydrogens (tertiary/aromatic N) is 3. The quantitative estimate of drug-likeness (QED) is 0.511. The Morgan fingerprint density at radius 3 is 2.61 bits per heavy atom. The number of aromatic nitrogens is 4. The molecule has 0 aliphatic rings. The van der Waals surface area contributed by atoms with Crippen LogP contribution in [0.3, 0.4) is 0 Å². The highest BCUT2D eigenvalue weighted by molar-refractivity contribution is 6.04. The zero-order valence-electron chi connectivity index (χ0n) is 17.8. The third kappa shape index (κ3) is 3.92. The van der Waals surface area contributed by atoms with Gasteiger partial charge in [-0.1, -0.05) is 13.0 Å². The molecule has 158 valence electrons. The van der Waals surface area contributed by atoms with E-state index in [1.165, 1.54) is 4.68 Å². The average molecular weight is 417 g/mol. The van der Waals surface area contributed by atoms with E-state index in [0.717, 1.165) is 11.1 Å². The molecule has 2 N–H and O–H groups in total. The molecule has 0 bridgehead atoms. The van der Waals surface area contributed by atoms with Gasteiger partial charge in [-0.05, 0) is 62.6 Å². The van der Waals surface area contributed by atoms with E-state index < -0.39 is 0 Å².